The number of carbonyl (C=O) groups is 3. The molecule has 0 aliphatic heterocycles. The summed E-state index contributed by atoms with van der Waals surface area (Å²) in [4.78, 5) is 38.0. The van der Waals surface area contributed by atoms with Crippen molar-refractivity contribution >= 4 is 34.1 Å². The summed E-state index contributed by atoms with van der Waals surface area (Å²) in [5, 5.41) is 7.51. The maximum atomic E-state index is 12.6. The summed E-state index contributed by atoms with van der Waals surface area (Å²) in [7, 11) is 0. The Morgan fingerprint density at radius 1 is 1.16 bits per heavy atom. The van der Waals surface area contributed by atoms with E-state index in [0.29, 0.717) is 27.5 Å². The molecule has 0 radical (unpaired) electrons. The zero-order valence-electron chi connectivity index (χ0n) is 17.2. The number of thiophene rings is 1. The molecule has 0 atom stereocenters. The van der Waals surface area contributed by atoms with Crippen LogP contribution in [0.25, 0.3) is 5.69 Å². The lowest BCUT2D eigenvalue weighted by Gasteiger charge is -2.08. The molecule has 1 aliphatic carbocycles. The van der Waals surface area contributed by atoms with E-state index in [1.54, 1.807) is 18.5 Å². The van der Waals surface area contributed by atoms with Crippen LogP contribution in [0.1, 0.15) is 49.0 Å². The molecule has 0 fully saturated rings. The number of hydrogen-bond acceptors (Lipinski definition) is 6. The molecule has 9 heteroatoms. The van der Waals surface area contributed by atoms with Crippen molar-refractivity contribution in [2.75, 3.05) is 11.9 Å². The van der Waals surface area contributed by atoms with E-state index in [9.17, 15) is 14.4 Å². The molecular weight excluding hydrogens is 416 g/mol. The second-order valence-electron chi connectivity index (χ2n) is 7.34. The Kier molecular flexibility index (Phi) is 5.60. The molecule has 2 heterocycles. The van der Waals surface area contributed by atoms with Crippen LogP contribution >= 0.6 is 11.3 Å². The molecule has 1 aromatic carbocycles. The van der Waals surface area contributed by atoms with E-state index in [1.165, 1.54) is 11.3 Å². The van der Waals surface area contributed by atoms with Crippen LogP contribution in [0.2, 0.25) is 0 Å². The van der Waals surface area contributed by atoms with Gasteiger partial charge in [0, 0.05) is 4.88 Å². The van der Waals surface area contributed by atoms with Crippen LogP contribution in [0.3, 0.4) is 0 Å². The highest BCUT2D eigenvalue weighted by Gasteiger charge is 2.27. The number of ether oxygens (including phenoxy) is 1. The Morgan fingerprint density at radius 3 is 2.61 bits per heavy atom. The number of amides is 2. The number of anilines is 1. The zero-order valence-corrected chi connectivity index (χ0v) is 18.0. The molecule has 4 rings (SSSR count). The van der Waals surface area contributed by atoms with E-state index < -0.39 is 24.4 Å². The minimum atomic E-state index is -0.629. The number of aryl methyl sites for hydroxylation is 2. The highest BCUT2D eigenvalue weighted by molar-refractivity contribution is 7.17. The summed E-state index contributed by atoms with van der Waals surface area (Å²) in [6.45, 7) is 3.01. The van der Waals surface area contributed by atoms with Gasteiger partial charge in [-0.05, 0) is 50.8 Å². The molecule has 3 N–H and O–H groups in total. The van der Waals surface area contributed by atoms with E-state index >= 15 is 0 Å². The van der Waals surface area contributed by atoms with Crippen LogP contribution < -0.4 is 11.1 Å². The number of nitrogens with one attached hydrogen (secondary N) is 1. The lowest BCUT2D eigenvalue weighted by Crippen LogP contribution is -2.23. The van der Waals surface area contributed by atoms with Crippen LogP contribution in [0.15, 0.2) is 30.3 Å². The number of nitrogens with two attached hydrogens (primary N) is 1. The first-order valence-electron chi connectivity index (χ1n) is 9.89. The summed E-state index contributed by atoms with van der Waals surface area (Å²) in [6, 6.07) is 9.44. The standard InChI is InChI=1S/C22H22N4O4S/c1-12-18(13(2)26(25-12)14-7-4-3-5-8-14)22(29)30-11-17(27)24-21-19(20(23)28)15-9-6-10-16(15)31-21/h3-5,7-8H,6,9-11H2,1-2H3,(H2,23,28)(H,24,27). The molecule has 0 saturated heterocycles. The van der Waals surface area contributed by atoms with Gasteiger partial charge >= 0.3 is 5.97 Å². The number of para-hydroxylation sites is 1. The maximum Gasteiger partial charge on any atom is 0.342 e. The van der Waals surface area contributed by atoms with Gasteiger partial charge in [0.2, 0.25) is 0 Å². The average molecular weight is 439 g/mol. The van der Waals surface area contributed by atoms with E-state index in [2.05, 4.69) is 10.4 Å². The molecule has 31 heavy (non-hydrogen) atoms. The van der Waals surface area contributed by atoms with Gasteiger partial charge in [-0.2, -0.15) is 5.10 Å². The van der Waals surface area contributed by atoms with Crippen molar-refractivity contribution in [3.8, 4) is 5.69 Å². The summed E-state index contributed by atoms with van der Waals surface area (Å²) < 4.78 is 6.90. The van der Waals surface area contributed by atoms with E-state index in [4.69, 9.17) is 10.5 Å². The van der Waals surface area contributed by atoms with Gasteiger partial charge in [-0.1, -0.05) is 18.2 Å². The Balaban J connectivity index is 1.45. The maximum absolute atomic E-state index is 12.6. The van der Waals surface area contributed by atoms with Crippen LogP contribution in [-0.4, -0.2) is 34.2 Å². The molecule has 8 nitrogen and oxygen atoms in total. The first kappa shape index (κ1) is 20.8. The molecule has 2 aromatic heterocycles. The third-order valence-electron chi connectivity index (χ3n) is 5.25. The normalized spacial score (nSPS) is 12.5. The van der Waals surface area contributed by atoms with Crippen LogP contribution in [0, 0.1) is 13.8 Å². The second-order valence-corrected chi connectivity index (χ2v) is 8.45. The van der Waals surface area contributed by atoms with Crippen molar-refractivity contribution in [2.45, 2.75) is 33.1 Å². The monoisotopic (exact) mass is 438 g/mol. The molecular formula is C22H22N4O4S. The van der Waals surface area contributed by atoms with Gasteiger partial charge in [0.15, 0.2) is 6.61 Å². The van der Waals surface area contributed by atoms with Crippen molar-refractivity contribution in [1.29, 1.82) is 0 Å². The predicted octanol–water partition coefficient (Wildman–Crippen LogP) is 2.93. The van der Waals surface area contributed by atoms with Gasteiger partial charge in [-0.15, -0.1) is 11.3 Å². The zero-order chi connectivity index (χ0) is 22.1. The van der Waals surface area contributed by atoms with Gasteiger partial charge in [-0.25, -0.2) is 9.48 Å². The fraction of sp³-hybridized carbons (Fsp3) is 0.273. The van der Waals surface area contributed by atoms with E-state index in [0.717, 1.165) is 35.4 Å². The quantitative estimate of drug-likeness (QED) is 0.574. The average Bonchev–Trinajstić information content (AvgIpc) is 3.39. The lowest BCUT2D eigenvalue weighted by atomic mass is 10.1. The number of carbonyl (C=O) groups excluding carboxylic acids is 3. The van der Waals surface area contributed by atoms with E-state index in [1.807, 2.05) is 30.3 Å². The number of primary amides is 1. The molecule has 0 spiro atoms. The highest BCUT2D eigenvalue weighted by atomic mass is 32.1. The number of benzene rings is 1. The van der Waals surface area contributed by atoms with Crippen molar-refractivity contribution in [3.63, 3.8) is 0 Å². The number of rotatable bonds is 6. The molecule has 160 valence electrons. The Labute approximate surface area is 183 Å². The smallest absolute Gasteiger partial charge is 0.342 e. The van der Waals surface area contributed by atoms with Crippen molar-refractivity contribution < 1.29 is 19.1 Å². The fourth-order valence-electron chi connectivity index (χ4n) is 3.88. The highest BCUT2D eigenvalue weighted by Crippen LogP contribution is 2.38. The minimum Gasteiger partial charge on any atom is -0.452 e. The predicted molar refractivity (Wildman–Crippen MR) is 117 cm³/mol. The van der Waals surface area contributed by atoms with Gasteiger partial charge < -0.3 is 15.8 Å². The Hall–Kier alpha value is -3.46. The van der Waals surface area contributed by atoms with Crippen molar-refractivity contribution in [2.24, 2.45) is 5.73 Å². The third-order valence-corrected chi connectivity index (χ3v) is 6.46. The van der Waals surface area contributed by atoms with Gasteiger partial charge in [-0.3, -0.25) is 9.59 Å². The number of fused-ring (bicyclic) bond motifs is 1. The minimum absolute atomic E-state index is 0.324. The Morgan fingerprint density at radius 2 is 1.90 bits per heavy atom. The molecule has 2 amide bonds. The largest absolute Gasteiger partial charge is 0.452 e. The summed E-state index contributed by atoms with van der Waals surface area (Å²) in [5.74, 6) is -1.72. The summed E-state index contributed by atoms with van der Waals surface area (Å²) >= 11 is 1.36. The number of nitrogens with zero attached hydrogens (tertiary/aromatic N) is 2. The SMILES string of the molecule is Cc1nn(-c2ccccc2)c(C)c1C(=O)OCC(=O)Nc1sc2c(c1C(N)=O)CCC2. The first-order chi connectivity index (χ1) is 14.9. The fourth-order valence-corrected chi connectivity index (χ4v) is 5.19. The van der Waals surface area contributed by atoms with Gasteiger partial charge in [0.25, 0.3) is 11.8 Å². The molecule has 0 bridgehead atoms. The molecule has 1 aliphatic rings. The summed E-state index contributed by atoms with van der Waals surface area (Å²) in [5.41, 5.74) is 9.08. The lowest BCUT2D eigenvalue weighted by molar-refractivity contribution is -0.119. The topological polar surface area (TPSA) is 116 Å². The van der Waals surface area contributed by atoms with E-state index in [-0.39, 0.29) is 0 Å². The first-order valence-corrected chi connectivity index (χ1v) is 10.7. The van der Waals surface area contributed by atoms with Crippen LogP contribution in [-0.2, 0) is 22.4 Å². The van der Waals surface area contributed by atoms with Crippen LogP contribution in [0.5, 0.6) is 0 Å². The molecule has 0 saturated carbocycles. The van der Waals surface area contributed by atoms with Crippen LogP contribution in [0.4, 0.5) is 5.00 Å². The second kappa shape index (κ2) is 8.35. The van der Waals surface area contributed by atoms with Gasteiger partial charge in [0.05, 0.1) is 22.6 Å². The molecule has 3 aromatic rings. The number of esters is 1. The third kappa shape index (κ3) is 3.96. The number of aromatic nitrogens is 2. The number of hydrogen-bond donors (Lipinski definition) is 2. The summed E-state index contributed by atoms with van der Waals surface area (Å²) in [6.07, 6.45) is 2.62. The Bertz CT molecular complexity index is 1180. The van der Waals surface area contributed by atoms with Gasteiger partial charge in [0.1, 0.15) is 10.6 Å². The molecule has 0 unspecified atom stereocenters. The van der Waals surface area contributed by atoms with Crippen molar-refractivity contribution in [3.05, 3.63) is 63.3 Å². The van der Waals surface area contributed by atoms with Crippen molar-refractivity contribution in [1.82, 2.24) is 9.78 Å².